The van der Waals surface area contributed by atoms with E-state index in [9.17, 15) is 4.79 Å². The van der Waals surface area contributed by atoms with Gasteiger partial charge in [0.25, 0.3) is 5.91 Å². The Morgan fingerprint density at radius 2 is 1.40 bits per heavy atom. The number of nitrogens with one attached hydrogen (secondary N) is 1. The van der Waals surface area contributed by atoms with Gasteiger partial charge in [0.2, 0.25) is 0 Å². The maximum atomic E-state index is 13.1. The molecule has 160 valence electrons. The van der Waals surface area contributed by atoms with Gasteiger partial charge in [0.05, 0.1) is 33.3 Å². The molecule has 2 saturated heterocycles. The average Bonchev–Trinajstić information content (AvgIpc) is 2.84. The van der Waals surface area contributed by atoms with Crippen molar-refractivity contribution < 1.29 is 14.4 Å². The van der Waals surface area contributed by atoms with Crippen molar-refractivity contribution in [1.82, 2.24) is 4.90 Å². The third-order valence-electron chi connectivity index (χ3n) is 6.54. The molecule has 2 aromatic rings. The number of carbonyl (C=O) groups is 1. The summed E-state index contributed by atoms with van der Waals surface area (Å²) in [5, 5.41) is 0. The van der Waals surface area contributed by atoms with E-state index in [0.717, 1.165) is 58.1 Å². The van der Waals surface area contributed by atoms with Crippen LogP contribution in [-0.2, 0) is 4.79 Å². The highest BCUT2D eigenvalue weighted by Gasteiger charge is 2.33. The van der Waals surface area contributed by atoms with E-state index in [4.69, 9.17) is 4.74 Å². The van der Waals surface area contributed by atoms with Crippen LogP contribution in [0.3, 0.4) is 0 Å². The smallest absolute Gasteiger partial charge is 0.280 e. The summed E-state index contributed by atoms with van der Waals surface area (Å²) in [4.78, 5) is 21.4. The Bertz CT molecular complexity index is 811. The average molecular weight is 410 g/mol. The van der Waals surface area contributed by atoms with E-state index in [1.807, 2.05) is 18.2 Å². The number of quaternary nitrogens is 1. The summed E-state index contributed by atoms with van der Waals surface area (Å²) in [6.07, 6.45) is 0. The molecule has 0 spiro atoms. The van der Waals surface area contributed by atoms with Crippen molar-refractivity contribution in [2.24, 2.45) is 0 Å². The molecule has 2 heterocycles. The lowest BCUT2D eigenvalue weighted by molar-refractivity contribution is -0.915. The molecule has 2 aliphatic heterocycles. The van der Waals surface area contributed by atoms with Crippen LogP contribution in [0.2, 0.25) is 0 Å². The maximum absolute atomic E-state index is 13.1. The molecule has 4 rings (SSSR count). The quantitative estimate of drug-likeness (QED) is 0.804. The topological polar surface area (TPSA) is 40.5 Å². The molecule has 0 saturated carbocycles. The summed E-state index contributed by atoms with van der Waals surface area (Å²) < 4.78 is 5.25. The van der Waals surface area contributed by atoms with Gasteiger partial charge in [-0.1, -0.05) is 18.2 Å². The molecular formula is C24H33N4O2+. The molecule has 1 amide bonds. The van der Waals surface area contributed by atoms with Crippen molar-refractivity contribution in [2.45, 2.75) is 13.0 Å². The zero-order chi connectivity index (χ0) is 20.9. The molecule has 0 bridgehead atoms. The number of rotatable bonds is 5. The molecule has 0 aromatic heterocycles. The second kappa shape index (κ2) is 9.39. The molecule has 2 aromatic carbocycles. The largest absolute Gasteiger partial charge is 0.497 e. The van der Waals surface area contributed by atoms with Crippen molar-refractivity contribution in [3.05, 3.63) is 54.6 Å². The van der Waals surface area contributed by atoms with E-state index in [1.165, 1.54) is 16.3 Å². The minimum Gasteiger partial charge on any atom is -0.497 e. The number of benzene rings is 2. The first kappa shape index (κ1) is 20.5. The third-order valence-corrected chi connectivity index (χ3v) is 6.54. The predicted octanol–water partition coefficient (Wildman–Crippen LogP) is 1.14. The second-order valence-electron chi connectivity index (χ2n) is 8.21. The summed E-state index contributed by atoms with van der Waals surface area (Å²) in [5.74, 6) is 1.19. The lowest BCUT2D eigenvalue weighted by Crippen LogP contribution is -3.19. The highest BCUT2D eigenvalue weighted by Crippen LogP contribution is 2.19. The highest BCUT2D eigenvalue weighted by molar-refractivity contribution is 5.80. The van der Waals surface area contributed by atoms with Crippen LogP contribution >= 0.6 is 0 Å². The standard InChI is InChI=1S/C24H32N4O2/c1-20(24(29)28-18-16-26(17-19-28)21-6-4-3-5-7-21)25-12-14-27(15-13-25)22-8-10-23(30-2)11-9-22/h3-11,20H,12-19H2,1-2H3/p+1/t20-/m1/s1. The number of ether oxygens (including phenoxy) is 1. The summed E-state index contributed by atoms with van der Waals surface area (Å²) >= 11 is 0. The fourth-order valence-electron chi connectivity index (χ4n) is 4.55. The minimum atomic E-state index is 0.0197. The Balaban J connectivity index is 1.26. The Labute approximate surface area is 179 Å². The molecule has 6 nitrogen and oxygen atoms in total. The van der Waals surface area contributed by atoms with Gasteiger partial charge in [0.15, 0.2) is 6.04 Å². The Kier molecular flexibility index (Phi) is 6.43. The van der Waals surface area contributed by atoms with E-state index in [-0.39, 0.29) is 6.04 Å². The number of nitrogens with zero attached hydrogens (tertiary/aromatic N) is 3. The van der Waals surface area contributed by atoms with Crippen molar-refractivity contribution in [3.63, 3.8) is 0 Å². The van der Waals surface area contributed by atoms with Gasteiger partial charge in [0, 0.05) is 37.6 Å². The lowest BCUT2D eigenvalue weighted by Gasteiger charge is -2.40. The first-order valence-electron chi connectivity index (χ1n) is 11.0. The SMILES string of the molecule is COc1ccc(N2CC[NH+]([C@H](C)C(=O)N3CCN(c4ccccc4)CC3)CC2)cc1. The molecule has 1 atom stereocenters. The van der Waals surface area contributed by atoms with Crippen LogP contribution in [-0.4, -0.2) is 76.3 Å². The predicted molar refractivity (Wildman–Crippen MR) is 121 cm³/mol. The lowest BCUT2D eigenvalue weighted by atomic mass is 10.1. The van der Waals surface area contributed by atoms with Gasteiger partial charge in [0.1, 0.15) is 5.75 Å². The molecule has 0 aliphatic carbocycles. The van der Waals surface area contributed by atoms with Gasteiger partial charge < -0.3 is 24.3 Å². The number of carbonyl (C=O) groups excluding carboxylic acids is 1. The number of piperazine rings is 2. The second-order valence-corrected chi connectivity index (χ2v) is 8.21. The molecule has 6 heteroatoms. The summed E-state index contributed by atoms with van der Waals surface area (Å²) in [6, 6.07) is 18.8. The van der Waals surface area contributed by atoms with E-state index in [1.54, 1.807) is 7.11 Å². The molecule has 0 unspecified atom stereocenters. The number of amides is 1. The minimum absolute atomic E-state index is 0.0197. The van der Waals surface area contributed by atoms with Crippen molar-refractivity contribution >= 4 is 17.3 Å². The van der Waals surface area contributed by atoms with Crippen LogP contribution in [0.15, 0.2) is 54.6 Å². The molecule has 2 aliphatic rings. The Hall–Kier alpha value is -2.73. The van der Waals surface area contributed by atoms with Gasteiger partial charge in [-0.2, -0.15) is 0 Å². The van der Waals surface area contributed by atoms with Gasteiger partial charge >= 0.3 is 0 Å². The van der Waals surface area contributed by atoms with Crippen molar-refractivity contribution in [2.75, 3.05) is 69.3 Å². The molecule has 0 radical (unpaired) electrons. The third kappa shape index (κ3) is 4.54. The van der Waals surface area contributed by atoms with Crippen LogP contribution < -0.4 is 19.4 Å². The zero-order valence-electron chi connectivity index (χ0n) is 18.1. The number of para-hydroxylation sites is 1. The Morgan fingerprint density at radius 3 is 2.00 bits per heavy atom. The van der Waals surface area contributed by atoms with E-state index >= 15 is 0 Å². The zero-order valence-corrected chi connectivity index (χ0v) is 18.1. The van der Waals surface area contributed by atoms with Crippen molar-refractivity contribution in [1.29, 1.82) is 0 Å². The fourth-order valence-corrected chi connectivity index (χ4v) is 4.55. The molecule has 2 fully saturated rings. The molecule has 1 N–H and O–H groups in total. The highest BCUT2D eigenvalue weighted by atomic mass is 16.5. The van der Waals surface area contributed by atoms with Gasteiger partial charge in [-0.15, -0.1) is 0 Å². The van der Waals surface area contributed by atoms with Crippen LogP contribution in [0.25, 0.3) is 0 Å². The van der Waals surface area contributed by atoms with Gasteiger partial charge in [-0.25, -0.2) is 0 Å². The van der Waals surface area contributed by atoms with Crippen molar-refractivity contribution in [3.8, 4) is 5.75 Å². The number of hydrogen-bond donors (Lipinski definition) is 1. The van der Waals surface area contributed by atoms with Crippen LogP contribution in [0, 0.1) is 0 Å². The van der Waals surface area contributed by atoms with Crippen LogP contribution in [0.4, 0.5) is 11.4 Å². The normalized spacial score (nSPS) is 18.9. The number of hydrogen-bond acceptors (Lipinski definition) is 4. The fraction of sp³-hybridized carbons (Fsp3) is 0.458. The molecular weight excluding hydrogens is 376 g/mol. The summed E-state index contributed by atoms with van der Waals surface area (Å²) in [6.45, 7) is 9.46. The number of anilines is 2. The van der Waals surface area contributed by atoms with E-state index in [0.29, 0.717) is 5.91 Å². The first-order chi connectivity index (χ1) is 14.7. The summed E-state index contributed by atoms with van der Waals surface area (Å²) in [7, 11) is 1.69. The van der Waals surface area contributed by atoms with Gasteiger partial charge in [-0.05, 0) is 43.3 Å². The van der Waals surface area contributed by atoms with E-state index in [2.05, 4.69) is 58.0 Å². The van der Waals surface area contributed by atoms with Gasteiger partial charge in [-0.3, -0.25) is 4.79 Å². The monoisotopic (exact) mass is 409 g/mol. The van der Waals surface area contributed by atoms with Crippen LogP contribution in [0.1, 0.15) is 6.92 Å². The van der Waals surface area contributed by atoms with Crippen LogP contribution in [0.5, 0.6) is 5.75 Å². The first-order valence-corrected chi connectivity index (χ1v) is 11.0. The summed E-state index contributed by atoms with van der Waals surface area (Å²) in [5.41, 5.74) is 2.48. The Morgan fingerprint density at radius 1 is 0.833 bits per heavy atom. The number of methoxy groups -OCH3 is 1. The molecule has 30 heavy (non-hydrogen) atoms. The van der Waals surface area contributed by atoms with E-state index < -0.39 is 0 Å². The maximum Gasteiger partial charge on any atom is 0.280 e.